The normalized spacial score (nSPS) is 21.9. The molecule has 3 aliphatic rings. The number of nitrogens with zero attached hydrogens (tertiary/aromatic N) is 4. The quantitative estimate of drug-likeness (QED) is 0.207. The van der Waals surface area contributed by atoms with Crippen molar-refractivity contribution in [1.29, 1.82) is 0 Å². The van der Waals surface area contributed by atoms with Crippen molar-refractivity contribution in [2.75, 3.05) is 31.2 Å². The number of aliphatic hydroxyl groups excluding tert-OH is 3. The van der Waals surface area contributed by atoms with Crippen LogP contribution < -0.4 is 9.64 Å². The maximum atomic E-state index is 14.5. The van der Waals surface area contributed by atoms with Crippen molar-refractivity contribution in [2.45, 2.75) is 108 Å². The summed E-state index contributed by atoms with van der Waals surface area (Å²) in [5.41, 5.74) is 3.77. The Bertz CT molecular complexity index is 1620. The predicted molar refractivity (Wildman–Crippen MR) is 177 cm³/mol. The molecule has 3 N–H and O–H groups in total. The molecule has 6 rings (SSSR count). The van der Waals surface area contributed by atoms with E-state index < -0.39 is 36.5 Å². The molecule has 272 valence electrons. The van der Waals surface area contributed by atoms with Crippen LogP contribution in [-0.2, 0) is 19.0 Å². The molecule has 13 heteroatoms. The molecule has 1 aliphatic heterocycles. The predicted octanol–water partition coefficient (Wildman–Crippen LogP) is 6.90. The molecular weight excluding hydrogens is 659 g/mol. The summed E-state index contributed by atoms with van der Waals surface area (Å²) in [5, 5.41) is 30.2. The minimum absolute atomic E-state index is 0.0189. The van der Waals surface area contributed by atoms with Crippen molar-refractivity contribution in [3.05, 3.63) is 75.9 Å². The van der Waals surface area contributed by atoms with Crippen molar-refractivity contribution < 1.29 is 42.0 Å². The van der Waals surface area contributed by atoms with Gasteiger partial charge in [0.05, 0.1) is 30.7 Å². The fraction of sp³-hybridized carbons (Fsp3) is 0.595. The minimum Gasteiger partial charge on any atom is -0.488 e. The zero-order valence-electron chi connectivity index (χ0n) is 28.4. The van der Waals surface area contributed by atoms with E-state index in [1.807, 2.05) is 4.90 Å². The van der Waals surface area contributed by atoms with Crippen molar-refractivity contribution in [2.24, 2.45) is 5.41 Å². The van der Waals surface area contributed by atoms with Gasteiger partial charge in [0.1, 0.15) is 12.7 Å². The maximum Gasteiger partial charge on any atom is 0.416 e. The Hall–Kier alpha value is -3.42. The Morgan fingerprint density at radius 3 is 2.20 bits per heavy atom. The van der Waals surface area contributed by atoms with Crippen LogP contribution in [0.15, 0.2) is 36.7 Å². The number of aliphatic hydroxyl groups is 3. The zero-order chi connectivity index (χ0) is 35.8. The zero-order valence-corrected chi connectivity index (χ0v) is 28.4. The molecule has 0 radical (unpaired) electrons. The van der Waals surface area contributed by atoms with E-state index in [-0.39, 0.29) is 56.0 Å². The Balaban J connectivity index is 1.35. The number of alkyl halides is 5. The van der Waals surface area contributed by atoms with Gasteiger partial charge in [-0.1, -0.05) is 26.0 Å². The summed E-state index contributed by atoms with van der Waals surface area (Å²) >= 11 is 0. The van der Waals surface area contributed by atoms with Gasteiger partial charge in [-0.15, -0.1) is 0 Å². The fourth-order valence-corrected chi connectivity index (χ4v) is 7.87. The summed E-state index contributed by atoms with van der Waals surface area (Å²) in [6.07, 6.45) is -0.499. The van der Waals surface area contributed by atoms with Crippen LogP contribution in [0.4, 0.5) is 27.9 Å². The van der Waals surface area contributed by atoms with Gasteiger partial charge in [-0.2, -0.15) is 13.2 Å². The first-order valence-electron chi connectivity index (χ1n) is 17.4. The summed E-state index contributed by atoms with van der Waals surface area (Å²) in [6.45, 7) is 4.86. The van der Waals surface area contributed by atoms with E-state index in [1.165, 1.54) is 24.5 Å². The third kappa shape index (κ3) is 8.21. The number of hydrogen-bond donors (Lipinski definition) is 3. The van der Waals surface area contributed by atoms with E-state index in [0.29, 0.717) is 56.0 Å². The number of fused-ring (bicyclic) bond motifs is 1. The number of piperidine rings is 1. The van der Waals surface area contributed by atoms with Gasteiger partial charge in [0.2, 0.25) is 11.9 Å². The smallest absolute Gasteiger partial charge is 0.416 e. The fourth-order valence-electron chi connectivity index (χ4n) is 7.87. The molecule has 2 aliphatic carbocycles. The molecule has 8 nitrogen and oxygen atoms in total. The molecule has 1 aromatic carbocycles. The molecule has 0 amide bonds. The largest absolute Gasteiger partial charge is 0.488 e. The first-order chi connectivity index (χ1) is 23.6. The van der Waals surface area contributed by atoms with Crippen LogP contribution in [0.5, 0.6) is 5.75 Å². The number of aromatic nitrogens is 3. The Morgan fingerprint density at radius 1 is 0.960 bits per heavy atom. The third-order valence-electron chi connectivity index (χ3n) is 10.4. The van der Waals surface area contributed by atoms with Crippen molar-refractivity contribution >= 4 is 5.95 Å². The van der Waals surface area contributed by atoms with Crippen LogP contribution in [0.3, 0.4) is 0 Å². The van der Waals surface area contributed by atoms with Crippen molar-refractivity contribution in [3.8, 4) is 5.75 Å². The Morgan fingerprint density at radius 2 is 1.60 bits per heavy atom. The Kier molecular flexibility index (Phi) is 10.4. The summed E-state index contributed by atoms with van der Waals surface area (Å²) < 4.78 is 74.6. The molecule has 1 saturated heterocycles. The average Bonchev–Trinajstić information content (AvgIpc) is 3.07. The van der Waals surface area contributed by atoms with Crippen LogP contribution in [0, 0.1) is 5.41 Å². The average molecular weight is 705 g/mol. The van der Waals surface area contributed by atoms with Crippen LogP contribution in [0.2, 0.25) is 0 Å². The molecule has 50 heavy (non-hydrogen) atoms. The van der Waals surface area contributed by atoms with Crippen molar-refractivity contribution in [1.82, 2.24) is 15.0 Å². The first kappa shape index (κ1) is 36.4. The Labute approximate surface area is 288 Å². The molecule has 0 bridgehead atoms. The van der Waals surface area contributed by atoms with Gasteiger partial charge in [0, 0.05) is 48.8 Å². The molecular formula is C37H45F5N4O4. The van der Waals surface area contributed by atoms with E-state index >= 15 is 0 Å². The summed E-state index contributed by atoms with van der Waals surface area (Å²) in [4.78, 5) is 16.2. The SMILES string of the molecule is CC1(C)Cc2nc(C3CCN(c4ncc(OCC(O)CO)cn4)CC3)c(Cc3ccc(C(F)(F)F)cc3)c(C3CCC(F)(F)CC3)c2[C@@H](O)C1. The lowest BCUT2D eigenvalue weighted by Crippen LogP contribution is -2.36. The van der Waals surface area contributed by atoms with Gasteiger partial charge < -0.3 is 25.0 Å². The summed E-state index contributed by atoms with van der Waals surface area (Å²) in [5.74, 6) is -2.12. The van der Waals surface area contributed by atoms with Crippen molar-refractivity contribution in [3.63, 3.8) is 0 Å². The second kappa shape index (κ2) is 14.3. The highest BCUT2D eigenvalue weighted by atomic mass is 19.4. The third-order valence-corrected chi connectivity index (χ3v) is 10.4. The van der Waals surface area contributed by atoms with Crippen LogP contribution in [0.25, 0.3) is 0 Å². The van der Waals surface area contributed by atoms with E-state index in [2.05, 4.69) is 23.8 Å². The highest BCUT2D eigenvalue weighted by Crippen LogP contribution is 2.50. The molecule has 1 unspecified atom stereocenters. The topological polar surface area (TPSA) is 112 Å². The van der Waals surface area contributed by atoms with E-state index in [0.717, 1.165) is 40.2 Å². The number of halogens is 5. The summed E-state index contributed by atoms with van der Waals surface area (Å²) in [6, 6.07) is 5.09. The van der Waals surface area contributed by atoms with E-state index in [1.54, 1.807) is 0 Å². The lowest BCUT2D eigenvalue weighted by atomic mass is 9.68. The number of benzene rings is 1. The minimum atomic E-state index is -4.47. The number of pyridine rings is 1. The van der Waals surface area contributed by atoms with Gasteiger partial charge in [0.15, 0.2) is 5.75 Å². The number of ether oxygens (including phenoxy) is 1. The highest BCUT2D eigenvalue weighted by Gasteiger charge is 2.42. The van der Waals surface area contributed by atoms with Gasteiger partial charge in [0.25, 0.3) is 0 Å². The molecule has 3 aromatic rings. The first-order valence-corrected chi connectivity index (χ1v) is 17.4. The molecule has 3 heterocycles. The molecule has 2 atom stereocenters. The standard InChI is InChI=1S/C37H45F5N4O4/c1-35(2)16-29-32(30(49)17-35)31(23-7-11-36(38,39)12-8-23)28(15-22-3-5-25(6-4-22)37(40,41)42)33(45-29)24-9-13-46(14-10-24)34-43-18-27(19-44-34)50-21-26(48)20-47/h3-6,18-19,23-24,26,30,47-49H,7-17,20-21H2,1-2H3/t26?,30-/m0/s1. The summed E-state index contributed by atoms with van der Waals surface area (Å²) in [7, 11) is 0. The second-order valence-corrected chi connectivity index (χ2v) is 14.9. The van der Waals surface area contributed by atoms with Crippen LogP contribution in [-0.4, -0.2) is 68.6 Å². The molecule has 2 aromatic heterocycles. The van der Waals surface area contributed by atoms with Gasteiger partial charge in [-0.25, -0.2) is 18.7 Å². The van der Waals surface area contributed by atoms with Crippen LogP contribution >= 0.6 is 0 Å². The number of rotatable bonds is 9. The monoisotopic (exact) mass is 704 g/mol. The highest BCUT2D eigenvalue weighted by molar-refractivity contribution is 5.50. The molecule has 1 saturated carbocycles. The molecule has 0 spiro atoms. The maximum absolute atomic E-state index is 14.5. The second-order valence-electron chi connectivity index (χ2n) is 14.9. The van der Waals surface area contributed by atoms with Gasteiger partial charge in [-0.3, -0.25) is 4.98 Å². The van der Waals surface area contributed by atoms with E-state index in [9.17, 15) is 32.2 Å². The van der Waals surface area contributed by atoms with Gasteiger partial charge in [-0.05, 0) is 85.1 Å². The number of anilines is 1. The number of hydrogen-bond acceptors (Lipinski definition) is 8. The lowest BCUT2D eigenvalue weighted by Gasteiger charge is -2.40. The lowest BCUT2D eigenvalue weighted by molar-refractivity contribution is -0.137. The van der Waals surface area contributed by atoms with Gasteiger partial charge >= 0.3 is 6.18 Å². The molecule has 2 fully saturated rings. The van der Waals surface area contributed by atoms with E-state index in [4.69, 9.17) is 14.8 Å². The van der Waals surface area contributed by atoms with Crippen LogP contribution in [0.1, 0.15) is 116 Å².